The Morgan fingerprint density at radius 2 is 0.564 bits per heavy atom. The van der Waals surface area contributed by atoms with Crippen molar-refractivity contribution in [1.29, 1.82) is 0 Å². The highest BCUT2D eigenvalue weighted by molar-refractivity contribution is 5.92. The van der Waals surface area contributed by atoms with E-state index in [1.807, 2.05) is 48.6 Å². The van der Waals surface area contributed by atoms with Crippen LogP contribution >= 0.6 is 0 Å². The Morgan fingerprint density at radius 1 is 0.325 bits per heavy atom. The largest absolute Gasteiger partial charge is 0.508 e. The minimum Gasteiger partial charge on any atom is -0.508 e. The predicted molar refractivity (Wildman–Crippen MR) is 478 cm³/mol. The van der Waals surface area contributed by atoms with Crippen molar-refractivity contribution in [2.75, 3.05) is 0 Å². The molecule has 0 unspecified atom stereocenters. The van der Waals surface area contributed by atoms with Gasteiger partial charge in [0.15, 0.2) is 29.1 Å². The van der Waals surface area contributed by atoms with E-state index in [9.17, 15) is 44.4 Å². The molecule has 15 heteroatoms. The fraction of sp³-hybridized carbons (Fsp3) is 0.382. The maximum Gasteiger partial charge on any atom is 0.338 e. The zero-order valence-electron chi connectivity index (χ0n) is 69.8. The van der Waals surface area contributed by atoms with Crippen LogP contribution in [0, 0.1) is 0 Å². The number of hydrogen-bond acceptors (Lipinski definition) is 15. The minimum absolute atomic E-state index is 0.0178. The van der Waals surface area contributed by atoms with E-state index in [2.05, 4.69) is 222 Å². The summed E-state index contributed by atoms with van der Waals surface area (Å²) in [6.07, 6.45) is 102. The summed E-state index contributed by atoms with van der Waals surface area (Å²) in [5.41, 5.74) is -0.144. The van der Waals surface area contributed by atoms with Gasteiger partial charge in [0.1, 0.15) is 23.4 Å². The molecule has 117 heavy (non-hydrogen) atoms. The van der Waals surface area contributed by atoms with E-state index in [0.29, 0.717) is 77.0 Å². The van der Waals surface area contributed by atoms with Crippen molar-refractivity contribution < 1.29 is 72.8 Å². The van der Waals surface area contributed by atoms with Crippen molar-refractivity contribution in [2.24, 2.45) is 0 Å². The smallest absolute Gasteiger partial charge is 0.338 e. The highest BCUT2D eigenvalue weighted by Crippen LogP contribution is 2.47. The first-order valence-corrected chi connectivity index (χ1v) is 42.3. The topological polar surface area (TPSA) is 222 Å². The Labute approximate surface area is 698 Å². The molecule has 0 bridgehead atoms. The Kier molecular flexibility index (Phi) is 55.4. The number of aromatic hydroxyl groups is 4. The van der Waals surface area contributed by atoms with Crippen LogP contribution in [-0.4, -0.2) is 56.4 Å². The molecule has 0 aromatic heterocycles. The van der Waals surface area contributed by atoms with Gasteiger partial charge in [-0.1, -0.05) is 271 Å². The first kappa shape index (κ1) is 98.2. The first-order valence-electron chi connectivity index (χ1n) is 42.3. The standard InChI is InChI=1S/C102H130O15/c1-5-9-13-17-21-25-29-33-37-41-45-49-53-57-61-65-69-73-95(105)112-90-77-84(78-91(99(90)109)113-96(106)74-70-66-62-58-54-50-46-42-38-34-30-26-22-18-14-10-6-2)101-94(83-87-88(104)81-86(103)82-89(87)116-101)117-102(111)85-79-92(114-97(107)75-71-67-63-59-55-51-47-43-39-35-31-27-23-19-15-11-7-3)100(110)93(80-85)115-98(108)76-72-68-64-60-56-52-48-44-40-36-32-28-24-20-16-12-8-4/h9-16,21-28,33-40,45-52,57-64,77-82,94,101,103-104,109-110H,5-8,17-20,29-32,41-44,53-56,65-76,83H2,1-4H3/b13-9-,14-10+,15-11-,16-12+,25-21+,26-22+,27-23-,28-24+,37-33+,38-34+,39-35-,40-36+,49-45+,50-46+,51-47+,52-48+,61-57+,62-58+,63-59+,64-60+/t94-,101-/m1/s1. The van der Waals surface area contributed by atoms with E-state index in [0.717, 1.165) is 121 Å². The van der Waals surface area contributed by atoms with Crippen LogP contribution in [0.1, 0.15) is 261 Å². The summed E-state index contributed by atoms with van der Waals surface area (Å²) in [5, 5.41) is 45.5. The quantitative estimate of drug-likeness (QED) is 0.0179. The molecule has 3 aromatic rings. The minimum atomic E-state index is -1.42. The maximum absolute atomic E-state index is 14.9. The van der Waals surface area contributed by atoms with E-state index in [4.69, 9.17) is 28.4 Å². The molecule has 1 heterocycles. The predicted octanol–water partition coefficient (Wildman–Crippen LogP) is 26.7. The van der Waals surface area contributed by atoms with E-state index < -0.39 is 82.3 Å². The number of rotatable bonds is 59. The zero-order valence-corrected chi connectivity index (χ0v) is 69.8. The molecular formula is C102H130O15. The van der Waals surface area contributed by atoms with Gasteiger partial charge >= 0.3 is 29.8 Å². The highest BCUT2D eigenvalue weighted by atomic mass is 16.6. The number of ether oxygens (including phenoxy) is 6. The second kappa shape index (κ2) is 66.0. The Hall–Kier alpha value is -11.2. The van der Waals surface area contributed by atoms with Gasteiger partial charge in [-0.25, -0.2) is 4.79 Å². The van der Waals surface area contributed by atoms with Crippen LogP contribution in [0.25, 0.3) is 0 Å². The van der Waals surface area contributed by atoms with Crippen LogP contribution in [-0.2, 0) is 30.3 Å². The molecule has 3 aromatic carbocycles. The van der Waals surface area contributed by atoms with Gasteiger partial charge in [-0.15, -0.1) is 0 Å². The molecule has 0 fully saturated rings. The molecular weight excluding hydrogens is 1470 g/mol. The summed E-state index contributed by atoms with van der Waals surface area (Å²) in [4.78, 5) is 69.6. The molecule has 4 N–H and O–H groups in total. The van der Waals surface area contributed by atoms with E-state index in [1.54, 1.807) is 0 Å². The lowest BCUT2D eigenvalue weighted by Gasteiger charge is -2.34. The average Bonchev–Trinajstić information content (AvgIpc) is 0.766. The number of fused-ring (bicyclic) bond motifs is 1. The molecule has 0 spiro atoms. The molecule has 0 radical (unpaired) electrons. The van der Waals surface area contributed by atoms with Gasteiger partial charge in [-0.05, 0) is 204 Å². The number of esters is 5. The number of benzene rings is 3. The third-order valence-corrected chi connectivity index (χ3v) is 17.6. The third kappa shape index (κ3) is 47.4. The van der Waals surface area contributed by atoms with Crippen molar-refractivity contribution >= 4 is 29.8 Å². The monoisotopic (exact) mass is 1590 g/mol. The second-order valence-electron chi connectivity index (χ2n) is 27.6. The lowest BCUT2D eigenvalue weighted by atomic mass is 9.93. The molecule has 1 aliphatic heterocycles. The first-order chi connectivity index (χ1) is 57.3. The summed E-state index contributed by atoms with van der Waals surface area (Å²) in [7, 11) is 0. The normalized spacial score (nSPS) is 14.6. The summed E-state index contributed by atoms with van der Waals surface area (Å²) in [6, 6.07) is 7.08. The number of carbonyl (C=O) groups excluding carboxylic acids is 5. The van der Waals surface area contributed by atoms with Gasteiger partial charge < -0.3 is 48.8 Å². The summed E-state index contributed by atoms with van der Waals surface area (Å²) in [5.74, 6) is -7.99. The van der Waals surface area contributed by atoms with Crippen molar-refractivity contribution in [1.82, 2.24) is 0 Å². The number of hydrogen-bond donors (Lipinski definition) is 4. The number of unbranched alkanes of at least 4 members (excludes halogenated alkanes) is 4. The van der Waals surface area contributed by atoms with E-state index in [1.165, 1.54) is 18.2 Å². The molecule has 1 aliphatic rings. The lowest BCUT2D eigenvalue weighted by Crippen LogP contribution is -2.35. The number of phenolic OH excluding ortho intramolecular Hbond substituents is 4. The van der Waals surface area contributed by atoms with Gasteiger partial charge in [-0.2, -0.15) is 0 Å². The van der Waals surface area contributed by atoms with Gasteiger partial charge in [0.05, 0.1) is 5.56 Å². The molecule has 0 saturated carbocycles. The fourth-order valence-corrected chi connectivity index (χ4v) is 11.4. The number of phenols is 4. The summed E-state index contributed by atoms with van der Waals surface area (Å²) >= 11 is 0. The number of carbonyl (C=O) groups is 5. The van der Waals surface area contributed by atoms with Crippen LogP contribution < -0.4 is 23.7 Å². The van der Waals surface area contributed by atoms with Gasteiger partial charge in [0.25, 0.3) is 0 Å². The SMILES string of the molecule is CC/C=C\C/C=C\C/C=C\C/C=C/C/C=C/CCCC(=O)Oc1cc(C(=O)O[C@@H]2Cc3c(O)cc(O)cc3O[C@@H]2c2cc(OC(=O)CCC/C=C/C/C=C/C/C=C/C/C=C/C/C=C\CC)c(O)c(OC(=O)CCC/C=C/C/C=C/C/C=C/C/C=C/C/C=C/CC)c2)cc(OC(=O)CCC/C=C/C/C=C/C/C=C/C/C=C/C/C=C/CC)c1O. The fourth-order valence-electron chi connectivity index (χ4n) is 11.4. The van der Waals surface area contributed by atoms with Crippen LogP contribution in [0.2, 0.25) is 0 Å². The van der Waals surface area contributed by atoms with E-state index in [-0.39, 0.29) is 60.3 Å². The average molecular weight is 1600 g/mol. The Balaban J connectivity index is 1.59. The van der Waals surface area contributed by atoms with Crippen LogP contribution in [0.15, 0.2) is 279 Å². The molecule has 0 saturated heterocycles. The zero-order chi connectivity index (χ0) is 84.1. The summed E-state index contributed by atoms with van der Waals surface area (Å²) in [6.45, 7) is 8.47. The number of allylic oxidation sites excluding steroid dienone is 40. The van der Waals surface area contributed by atoms with Crippen LogP contribution in [0.3, 0.4) is 0 Å². The van der Waals surface area contributed by atoms with Crippen molar-refractivity contribution in [2.45, 2.75) is 252 Å². The molecule has 4 rings (SSSR count). The van der Waals surface area contributed by atoms with E-state index >= 15 is 0 Å². The molecule has 15 nitrogen and oxygen atoms in total. The molecule has 628 valence electrons. The van der Waals surface area contributed by atoms with Crippen LogP contribution in [0.5, 0.6) is 51.7 Å². The second-order valence-corrected chi connectivity index (χ2v) is 27.6. The molecule has 0 aliphatic carbocycles. The van der Waals surface area contributed by atoms with Crippen LogP contribution in [0.4, 0.5) is 0 Å². The van der Waals surface area contributed by atoms with Crippen molar-refractivity contribution in [3.63, 3.8) is 0 Å². The Bertz CT molecular complexity index is 3840. The highest BCUT2D eigenvalue weighted by Gasteiger charge is 2.38. The van der Waals surface area contributed by atoms with Gasteiger partial charge in [-0.3, -0.25) is 19.2 Å². The van der Waals surface area contributed by atoms with Gasteiger partial charge in [0.2, 0.25) is 11.5 Å². The summed E-state index contributed by atoms with van der Waals surface area (Å²) < 4.78 is 36.0. The molecule has 0 amide bonds. The maximum atomic E-state index is 14.9. The Morgan fingerprint density at radius 3 is 0.821 bits per heavy atom. The van der Waals surface area contributed by atoms with Crippen molar-refractivity contribution in [3.8, 4) is 51.7 Å². The molecule has 2 atom stereocenters. The van der Waals surface area contributed by atoms with Gasteiger partial charge in [0, 0.05) is 55.4 Å². The third-order valence-electron chi connectivity index (χ3n) is 17.6. The van der Waals surface area contributed by atoms with Crippen molar-refractivity contribution in [3.05, 3.63) is 296 Å². The lowest BCUT2D eigenvalue weighted by molar-refractivity contribution is -0.136.